The average Bonchev–Trinajstić information content (AvgIpc) is 3.11. The second-order valence-electron chi connectivity index (χ2n) is 7.13. The number of carbonyl (C=O) groups is 1. The molecule has 1 saturated heterocycles. The molecule has 3 heterocycles. The highest BCUT2D eigenvalue weighted by atomic mass is 16.5. The van der Waals surface area contributed by atoms with Gasteiger partial charge in [0.15, 0.2) is 0 Å². The molecule has 2 aromatic rings. The maximum atomic E-state index is 12.5. The normalized spacial score (nSPS) is 25.4. The van der Waals surface area contributed by atoms with Crippen molar-refractivity contribution >= 4 is 5.91 Å². The minimum Gasteiger partial charge on any atom is -0.485 e. The predicted molar refractivity (Wildman–Crippen MR) is 88.6 cm³/mol. The predicted octanol–water partition coefficient (Wildman–Crippen LogP) is 1.45. The summed E-state index contributed by atoms with van der Waals surface area (Å²) in [5.74, 6) is 1.21. The third-order valence-electron chi connectivity index (χ3n) is 5.01. The number of carbonyl (C=O) groups excluding carboxylic acids is 1. The van der Waals surface area contributed by atoms with Gasteiger partial charge in [-0.15, -0.1) is 10.2 Å². The van der Waals surface area contributed by atoms with Crippen LogP contribution in [0.2, 0.25) is 0 Å². The zero-order valence-electron chi connectivity index (χ0n) is 14.3. The molecule has 8 heteroatoms. The van der Waals surface area contributed by atoms with Crippen molar-refractivity contribution in [1.29, 1.82) is 0 Å². The molecule has 1 aromatic heterocycles. The highest BCUT2D eigenvalue weighted by Crippen LogP contribution is 2.44. The molecule has 1 aromatic carbocycles. The second kappa shape index (κ2) is 5.80. The number of benzene rings is 1. The molecule has 2 atom stereocenters. The lowest BCUT2D eigenvalue weighted by atomic mass is 9.84. The Kier molecular flexibility index (Phi) is 3.72. The first-order valence-corrected chi connectivity index (χ1v) is 8.52. The smallest absolute Gasteiger partial charge is 0.223 e. The number of nitrogens with zero attached hydrogens (tertiary/aromatic N) is 4. The molecule has 0 aliphatic carbocycles. The van der Waals surface area contributed by atoms with Crippen LogP contribution in [-0.4, -0.2) is 54.8 Å². The van der Waals surface area contributed by atoms with Gasteiger partial charge in [0.2, 0.25) is 11.7 Å². The number of piperidine rings is 1. The van der Waals surface area contributed by atoms with E-state index < -0.39 is 17.7 Å². The standard InChI is InChI=1S/C17H21N5O3/c1-17(2)15(24)14(22-8-4-3-5-13(22)23)11-9-10(6-7-12(11)25-17)16-18-20-21-19-16/h6-7,9,14-15,24H,3-5,8H2,1-2H3,(H,18,19,20,21)/t14?,15-/m0/s1. The summed E-state index contributed by atoms with van der Waals surface area (Å²) in [5.41, 5.74) is 0.755. The van der Waals surface area contributed by atoms with Crippen molar-refractivity contribution in [2.75, 3.05) is 6.54 Å². The van der Waals surface area contributed by atoms with Crippen LogP contribution in [0.1, 0.15) is 44.7 Å². The van der Waals surface area contributed by atoms with Crippen LogP contribution in [0.4, 0.5) is 0 Å². The van der Waals surface area contributed by atoms with Crippen molar-refractivity contribution in [3.8, 4) is 17.1 Å². The highest BCUT2D eigenvalue weighted by molar-refractivity contribution is 5.78. The molecule has 2 N–H and O–H groups in total. The number of hydrogen-bond donors (Lipinski definition) is 2. The molecule has 0 radical (unpaired) electrons. The first-order chi connectivity index (χ1) is 12.0. The maximum Gasteiger partial charge on any atom is 0.223 e. The van der Waals surface area contributed by atoms with E-state index >= 15 is 0 Å². The van der Waals surface area contributed by atoms with Crippen LogP contribution in [0.3, 0.4) is 0 Å². The molecule has 25 heavy (non-hydrogen) atoms. The molecule has 2 aliphatic heterocycles. The Labute approximate surface area is 145 Å². The third-order valence-corrected chi connectivity index (χ3v) is 5.01. The monoisotopic (exact) mass is 343 g/mol. The Bertz CT molecular complexity index is 790. The van der Waals surface area contributed by atoms with Crippen LogP contribution >= 0.6 is 0 Å². The van der Waals surface area contributed by atoms with E-state index in [0.717, 1.165) is 24.0 Å². The number of H-pyrrole nitrogens is 1. The number of rotatable bonds is 2. The molecule has 0 bridgehead atoms. The Hall–Kier alpha value is -2.48. The Morgan fingerprint density at radius 1 is 1.36 bits per heavy atom. The van der Waals surface area contributed by atoms with Crippen LogP contribution < -0.4 is 4.74 Å². The van der Waals surface area contributed by atoms with Gasteiger partial charge in [0.1, 0.15) is 17.5 Å². The van der Waals surface area contributed by atoms with Crippen molar-refractivity contribution in [1.82, 2.24) is 25.5 Å². The number of aromatic amines is 1. The third kappa shape index (κ3) is 2.66. The van der Waals surface area contributed by atoms with Crippen molar-refractivity contribution in [2.45, 2.75) is 50.9 Å². The highest BCUT2D eigenvalue weighted by Gasteiger charge is 2.47. The first kappa shape index (κ1) is 16.0. The van der Waals surface area contributed by atoms with E-state index in [1.54, 1.807) is 4.90 Å². The molecular weight excluding hydrogens is 322 g/mol. The topological polar surface area (TPSA) is 104 Å². The molecule has 1 fully saturated rings. The van der Waals surface area contributed by atoms with Crippen molar-refractivity contribution < 1.29 is 14.6 Å². The fraction of sp³-hybridized carbons (Fsp3) is 0.529. The van der Waals surface area contributed by atoms with E-state index in [0.29, 0.717) is 24.5 Å². The molecular formula is C17H21N5O3. The number of hydrogen-bond acceptors (Lipinski definition) is 6. The molecule has 0 saturated carbocycles. The number of aliphatic hydroxyl groups is 1. The van der Waals surface area contributed by atoms with Gasteiger partial charge in [0.25, 0.3) is 0 Å². The van der Waals surface area contributed by atoms with Gasteiger partial charge in [-0.05, 0) is 50.1 Å². The Morgan fingerprint density at radius 2 is 2.20 bits per heavy atom. The van der Waals surface area contributed by atoms with Crippen LogP contribution in [0.5, 0.6) is 5.75 Å². The number of likely N-dealkylation sites (tertiary alicyclic amines) is 1. The lowest BCUT2D eigenvalue weighted by molar-refractivity contribution is -0.147. The quantitative estimate of drug-likeness (QED) is 0.855. The van der Waals surface area contributed by atoms with Gasteiger partial charge in [0.05, 0.1) is 6.04 Å². The van der Waals surface area contributed by atoms with E-state index in [2.05, 4.69) is 20.6 Å². The molecule has 1 amide bonds. The van der Waals surface area contributed by atoms with E-state index in [-0.39, 0.29) is 5.91 Å². The number of aromatic nitrogens is 4. The van der Waals surface area contributed by atoms with Gasteiger partial charge in [-0.1, -0.05) is 0 Å². The number of nitrogens with one attached hydrogen (secondary N) is 1. The number of tetrazole rings is 1. The SMILES string of the molecule is CC1(C)Oc2ccc(-c3nn[nH]n3)cc2C(N2CCCCC2=O)[C@@H]1O. The van der Waals surface area contributed by atoms with Crippen molar-refractivity contribution in [2.24, 2.45) is 0 Å². The van der Waals surface area contributed by atoms with Gasteiger partial charge in [-0.2, -0.15) is 5.21 Å². The summed E-state index contributed by atoms with van der Waals surface area (Å²) < 4.78 is 6.01. The van der Waals surface area contributed by atoms with E-state index in [1.165, 1.54) is 0 Å². The average molecular weight is 343 g/mol. The van der Waals surface area contributed by atoms with E-state index in [1.807, 2.05) is 32.0 Å². The minimum absolute atomic E-state index is 0.0731. The summed E-state index contributed by atoms with van der Waals surface area (Å²) in [6.07, 6.45) is 1.52. The molecule has 0 spiro atoms. The van der Waals surface area contributed by atoms with Crippen molar-refractivity contribution in [3.05, 3.63) is 23.8 Å². The van der Waals surface area contributed by atoms with Crippen LogP contribution in [0.15, 0.2) is 18.2 Å². The van der Waals surface area contributed by atoms with Crippen LogP contribution in [0, 0.1) is 0 Å². The first-order valence-electron chi connectivity index (χ1n) is 8.52. The van der Waals surface area contributed by atoms with Crippen LogP contribution in [-0.2, 0) is 4.79 Å². The van der Waals surface area contributed by atoms with Crippen LogP contribution in [0.25, 0.3) is 11.4 Å². The van der Waals surface area contributed by atoms with E-state index in [9.17, 15) is 9.90 Å². The number of ether oxygens (including phenoxy) is 1. The van der Waals surface area contributed by atoms with Gasteiger partial charge < -0.3 is 14.7 Å². The number of fused-ring (bicyclic) bond motifs is 1. The number of aliphatic hydroxyl groups excluding tert-OH is 1. The molecule has 132 valence electrons. The maximum absolute atomic E-state index is 12.5. The summed E-state index contributed by atoms with van der Waals surface area (Å²) in [6.45, 7) is 4.33. The summed E-state index contributed by atoms with van der Waals surface area (Å²) >= 11 is 0. The zero-order chi connectivity index (χ0) is 17.6. The summed E-state index contributed by atoms with van der Waals surface area (Å²) in [4.78, 5) is 14.3. The molecule has 1 unspecified atom stereocenters. The zero-order valence-corrected chi connectivity index (χ0v) is 14.3. The molecule has 4 rings (SSSR count). The largest absolute Gasteiger partial charge is 0.485 e. The Balaban J connectivity index is 1.82. The minimum atomic E-state index is -0.831. The molecule has 2 aliphatic rings. The lowest BCUT2D eigenvalue weighted by Gasteiger charge is -2.47. The van der Waals surface area contributed by atoms with E-state index in [4.69, 9.17) is 4.74 Å². The van der Waals surface area contributed by atoms with Gasteiger partial charge >= 0.3 is 0 Å². The fourth-order valence-electron chi connectivity index (χ4n) is 3.65. The molecule has 8 nitrogen and oxygen atoms in total. The summed E-state index contributed by atoms with van der Waals surface area (Å²) in [5, 5.41) is 25.0. The fourth-order valence-corrected chi connectivity index (χ4v) is 3.65. The van der Waals surface area contributed by atoms with Crippen molar-refractivity contribution in [3.63, 3.8) is 0 Å². The summed E-state index contributed by atoms with van der Waals surface area (Å²) in [7, 11) is 0. The van der Waals surface area contributed by atoms with Gasteiger partial charge in [0, 0.05) is 24.1 Å². The Morgan fingerprint density at radius 3 is 2.92 bits per heavy atom. The second-order valence-corrected chi connectivity index (χ2v) is 7.13. The van der Waals surface area contributed by atoms with Gasteiger partial charge in [-0.3, -0.25) is 4.79 Å². The van der Waals surface area contributed by atoms with Gasteiger partial charge in [-0.25, -0.2) is 0 Å². The summed E-state index contributed by atoms with van der Waals surface area (Å²) in [6, 6.07) is 5.13. The lowest BCUT2D eigenvalue weighted by Crippen LogP contribution is -2.55. The number of amides is 1.